The van der Waals surface area contributed by atoms with Gasteiger partial charge in [-0.1, -0.05) is 38.0 Å². The molecule has 0 amide bonds. The van der Waals surface area contributed by atoms with Gasteiger partial charge in [0.1, 0.15) is 28.5 Å². The maximum absolute atomic E-state index is 14.2. The van der Waals surface area contributed by atoms with Crippen molar-refractivity contribution in [3.05, 3.63) is 68.7 Å². The third kappa shape index (κ3) is 5.43. The number of nitrogens with zero attached hydrogens (tertiary/aromatic N) is 3. The quantitative estimate of drug-likeness (QED) is 0.251. The predicted molar refractivity (Wildman–Crippen MR) is 160 cm³/mol. The van der Waals surface area contributed by atoms with Crippen molar-refractivity contribution in [2.75, 3.05) is 13.7 Å². The fourth-order valence-electron chi connectivity index (χ4n) is 5.72. The molecule has 1 saturated carbocycles. The number of fused-ring (bicyclic) bond motifs is 1. The van der Waals surface area contributed by atoms with Gasteiger partial charge in [0, 0.05) is 5.56 Å². The number of thiophene rings is 1. The van der Waals surface area contributed by atoms with Crippen LogP contribution >= 0.6 is 11.3 Å². The Labute approximate surface area is 247 Å². The van der Waals surface area contributed by atoms with Crippen LogP contribution in [0, 0.1) is 18.8 Å². The number of rotatable bonds is 10. The summed E-state index contributed by atoms with van der Waals surface area (Å²) in [6.45, 7) is 7.28. The van der Waals surface area contributed by atoms with E-state index >= 15 is 0 Å². The Morgan fingerprint density at radius 1 is 1.21 bits per heavy atom. The Bertz CT molecular complexity index is 1690. The molecule has 1 unspecified atom stereocenters. The van der Waals surface area contributed by atoms with Crippen molar-refractivity contribution in [2.24, 2.45) is 11.8 Å². The Morgan fingerprint density at radius 2 is 1.93 bits per heavy atom. The first-order valence-corrected chi connectivity index (χ1v) is 15.0. The molecule has 0 bridgehead atoms. The van der Waals surface area contributed by atoms with Gasteiger partial charge in [0.25, 0.3) is 5.56 Å². The Hall–Kier alpha value is -3.70. The van der Waals surface area contributed by atoms with Gasteiger partial charge < -0.3 is 19.0 Å². The van der Waals surface area contributed by atoms with Gasteiger partial charge in [0.05, 0.1) is 36.7 Å². The van der Waals surface area contributed by atoms with E-state index in [1.165, 1.54) is 42.2 Å². The molecular formula is C31H37N3O7S. The summed E-state index contributed by atoms with van der Waals surface area (Å²) in [6.07, 6.45) is 6.80. The molecule has 1 aliphatic carbocycles. The van der Waals surface area contributed by atoms with E-state index in [4.69, 9.17) is 13.9 Å². The van der Waals surface area contributed by atoms with Crippen LogP contribution in [0.3, 0.4) is 0 Å². The van der Waals surface area contributed by atoms with Crippen molar-refractivity contribution in [3.63, 3.8) is 0 Å². The largest absolute Gasteiger partial charge is 0.496 e. The van der Waals surface area contributed by atoms with Gasteiger partial charge in [-0.25, -0.2) is 19.1 Å². The summed E-state index contributed by atoms with van der Waals surface area (Å²) in [4.78, 5) is 45.6. The van der Waals surface area contributed by atoms with Crippen molar-refractivity contribution in [2.45, 2.75) is 71.6 Å². The van der Waals surface area contributed by atoms with Gasteiger partial charge in [0.15, 0.2) is 0 Å². The van der Waals surface area contributed by atoms with Crippen LogP contribution in [0.4, 0.5) is 0 Å². The van der Waals surface area contributed by atoms with Crippen LogP contribution in [0.25, 0.3) is 21.0 Å². The van der Waals surface area contributed by atoms with E-state index in [1.807, 2.05) is 24.3 Å². The summed E-state index contributed by atoms with van der Waals surface area (Å²) in [7, 11) is 1.59. The number of ether oxygens (including phenoxy) is 2. The minimum absolute atomic E-state index is 0.0415. The number of carbonyl (C=O) groups is 1. The molecular weight excluding hydrogens is 558 g/mol. The lowest BCUT2D eigenvalue weighted by Crippen LogP contribution is -2.52. The number of para-hydroxylation sites is 1. The van der Waals surface area contributed by atoms with Crippen molar-refractivity contribution < 1.29 is 23.8 Å². The van der Waals surface area contributed by atoms with Gasteiger partial charge >= 0.3 is 11.7 Å². The molecule has 4 aromatic rings. The molecule has 1 atom stereocenters. The molecule has 1 aliphatic rings. The van der Waals surface area contributed by atoms with Gasteiger partial charge in [0.2, 0.25) is 5.89 Å². The summed E-state index contributed by atoms with van der Waals surface area (Å²) in [5.41, 5.74) is -1.87. The smallest absolute Gasteiger partial charge is 0.333 e. The highest BCUT2D eigenvalue weighted by Gasteiger charge is 2.36. The lowest BCUT2D eigenvalue weighted by Gasteiger charge is -2.29. The molecule has 3 heterocycles. The average molecular weight is 596 g/mol. The number of hydrogen-bond acceptors (Lipinski definition) is 8. The number of carboxylic acid groups (broad SMARTS) is 1. The second kappa shape index (κ2) is 11.9. The van der Waals surface area contributed by atoms with E-state index in [1.54, 1.807) is 14.0 Å². The van der Waals surface area contributed by atoms with Crippen LogP contribution in [-0.4, -0.2) is 38.9 Å². The van der Waals surface area contributed by atoms with Crippen LogP contribution in [-0.2, 0) is 21.6 Å². The number of carboxylic acids is 1. The minimum atomic E-state index is -1.80. The lowest BCUT2D eigenvalue weighted by molar-refractivity contribution is -0.146. The molecule has 1 aromatic carbocycles. The second-order valence-electron chi connectivity index (χ2n) is 11.7. The SMILES string of the molecule is COc1ccccc1C(Cn1c(=O)n(C(C)(C)C(=O)O)c(=O)c2c(C)c(-c3ncco3)sc21)OCC1CCC(C)CC1. The number of hydrogen-bond donors (Lipinski definition) is 1. The van der Waals surface area contributed by atoms with Gasteiger partial charge in [-0.15, -0.1) is 11.3 Å². The van der Waals surface area contributed by atoms with Gasteiger partial charge in [-0.05, 0) is 57.1 Å². The number of aliphatic carboxylic acids is 1. The number of benzene rings is 1. The maximum Gasteiger partial charge on any atom is 0.333 e. The van der Waals surface area contributed by atoms with Crippen molar-refractivity contribution >= 4 is 27.5 Å². The van der Waals surface area contributed by atoms with Crippen LogP contribution in [0.5, 0.6) is 5.75 Å². The molecule has 0 spiro atoms. The summed E-state index contributed by atoms with van der Waals surface area (Å²) >= 11 is 1.22. The standard InChI is InChI=1S/C31H37N3O7S/c1-18-10-12-20(13-11-18)17-41-23(21-8-6-7-9-22(21)39-5)16-33-28-24(19(2)25(42-28)26-32-14-15-40-26)27(35)34(30(33)38)31(3,4)29(36)37/h6-9,14-15,18,20,23H,10-13,16-17H2,1-5H3,(H,36,37). The van der Waals surface area contributed by atoms with Crippen LogP contribution in [0.2, 0.25) is 0 Å². The number of oxazole rings is 1. The third-order valence-electron chi connectivity index (χ3n) is 8.42. The fraction of sp³-hybridized carbons (Fsp3) is 0.484. The zero-order valence-electron chi connectivity index (χ0n) is 24.6. The third-order valence-corrected chi connectivity index (χ3v) is 9.73. The Morgan fingerprint density at radius 3 is 2.57 bits per heavy atom. The first-order chi connectivity index (χ1) is 20.0. The number of aromatic nitrogens is 3. The minimum Gasteiger partial charge on any atom is -0.496 e. The highest BCUT2D eigenvalue weighted by Crippen LogP contribution is 2.38. The normalized spacial score (nSPS) is 18.3. The zero-order valence-corrected chi connectivity index (χ0v) is 25.4. The van der Waals surface area contributed by atoms with Crippen LogP contribution < -0.4 is 16.0 Å². The molecule has 5 rings (SSSR count). The second-order valence-corrected chi connectivity index (χ2v) is 12.7. The first kappa shape index (κ1) is 29.8. The van der Waals surface area contributed by atoms with E-state index in [0.717, 1.165) is 35.8 Å². The summed E-state index contributed by atoms with van der Waals surface area (Å²) in [6, 6.07) is 7.51. The van der Waals surface area contributed by atoms with Crippen molar-refractivity contribution in [3.8, 4) is 16.5 Å². The van der Waals surface area contributed by atoms with Crippen LogP contribution in [0.1, 0.15) is 63.7 Å². The Balaban J connectivity index is 1.69. The van der Waals surface area contributed by atoms with Crippen LogP contribution in [0.15, 0.2) is 50.7 Å². The molecule has 0 saturated heterocycles. The number of aryl methyl sites for hydroxylation is 1. The molecule has 1 fully saturated rings. The fourth-order valence-corrected chi connectivity index (χ4v) is 6.96. The van der Waals surface area contributed by atoms with E-state index < -0.39 is 28.9 Å². The van der Waals surface area contributed by atoms with E-state index in [-0.39, 0.29) is 11.9 Å². The molecule has 3 aromatic heterocycles. The summed E-state index contributed by atoms with van der Waals surface area (Å²) in [5.74, 6) is 0.746. The molecule has 0 radical (unpaired) electrons. The molecule has 10 nitrogen and oxygen atoms in total. The monoisotopic (exact) mass is 595 g/mol. The zero-order chi connectivity index (χ0) is 30.2. The van der Waals surface area contributed by atoms with Crippen molar-refractivity contribution in [1.29, 1.82) is 0 Å². The van der Waals surface area contributed by atoms with E-state index in [2.05, 4.69) is 11.9 Å². The van der Waals surface area contributed by atoms with Gasteiger partial charge in [-0.3, -0.25) is 9.36 Å². The predicted octanol–water partition coefficient (Wildman–Crippen LogP) is 5.60. The summed E-state index contributed by atoms with van der Waals surface area (Å²) < 4.78 is 20.1. The molecule has 11 heteroatoms. The first-order valence-electron chi connectivity index (χ1n) is 14.2. The van der Waals surface area contributed by atoms with E-state index in [9.17, 15) is 19.5 Å². The van der Waals surface area contributed by atoms with Crippen molar-refractivity contribution in [1.82, 2.24) is 14.1 Å². The van der Waals surface area contributed by atoms with E-state index in [0.29, 0.717) is 45.4 Å². The highest BCUT2D eigenvalue weighted by atomic mass is 32.1. The lowest BCUT2D eigenvalue weighted by atomic mass is 9.83. The Kier molecular flexibility index (Phi) is 8.43. The molecule has 224 valence electrons. The van der Waals surface area contributed by atoms with Gasteiger partial charge in [-0.2, -0.15) is 0 Å². The summed E-state index contributed by atoms with van der Waals surface area (Å²) in [5, 5.41) is 10.3. The average Bonchev–Trinajstić information content (AvgIpc) is 3.61. The molecule has 42 heavy (non-hydrogen) atoms. The maximum atomic E-state index is 14.2. The number of methoxy groups -OCH3 is 1. The highest BCUT2D eigenvalue weighted by molar-refractivity contribution is 7.22. The molecule has 0 aliphatic heterocycles. The molecule has 1 N–H and O–H groups in total. The topological polar surface area (TPSA) is 126 Å².